The minimum atomic E-state index is -0.151. The van der Waals surface area contributed by atoms with Crippen LogP contribution in [-0.4, -0.2) is 73.6 Å². The van der Waals surface area contributed by atoms with Gasteiger partial charge in [-0.3, -0.25) is 14.5 Å². The van der Waals surface area contributed by atoms with Gasteiger partial charge in [-0.25, -0.2) is 0 Å². The van der Waals surface area contributed by atoms with Crippen molar-refractivity contribution in [3.8, 4) is 0 Å². The van der Waals surface area contributed by atoms with Gasteiger partial charge in [-0.15, -0.1) is 0 Å². The predicted octanol–water partition coefficient (Wildman–Crippen LogP) is 2.27. The van der Waals surface area contributed by atoms with Crippen LogP contribution in [0.4, 0.5) is 0 Å². The molecule has 28 heavy (non-hydrogen) atoms. The molecule has 2 aliphatic heterocycles. The Balaban J connectivity index is 1.38. The zero-order chi connectivity index (χ0) is 19.5. The topological polar surface area (TPSA) is 61.9 Å². The molecule has 1 atom stereocenters. The minimum Gasteiger partial charge on any atom is -0.379 e. The fourth-order valence-corrected chi connectivity index (χ4v) is 4.51. The first kappa shape index (κ1) is 19.4. The number of hydrogen-bond acceptors (Lipinski definition) is 4. The van der Waals surface area contributed by atoms with Crippen molar-refractivity contribution in [3.05, 3.63) is 46.4 Å². The number of likely N-dealkylation sites (tertiary alicyclic amines) is 1. The lowest BCUT2D eigenvalue weighted by molar-refractivity contribution is -0.128. The average Bonchev–Trinajstić information content (AvgIpc) is 3.06. The predicted molar refractivity (Wildman–Crippen MR) is 111 cm³/mol. The maximum atomic E-state index is 12.9. The van der Waals surface area contributed by atoms with E-state index < -0.39 is 0 Å². The molecule has 2 saturated heterocycles. The monoisotopic (exact) mass is 445 g/mol. The fourth-order valence-electron chi connectivity index (χ4n) is 3.92. The molecule has 4 rings (SSSR count). The summed E-state index contributed by atoms with van der Waals surface area (Å²) in [6.07, 6.45) is 0.362. The van der Waals surface area contributed by atoms with Gasteiger partial charge in [0.2, 0.25) is 5.91 Å². The lowest BCUT2D eigenvalue weighted by atomic mass is 10.0. The number of carbonyl (C=O) groups excluding carboxylic acids is 2. The molecule has 0 spiro atoms. The van der Waals surface area contributed by atoms with E-state index in [4.69, 9.17) is 4.74 Å². The van der Waals surface area contributed by atoms with Crippen molar-refractivity contribution in [2.75, 3.05) is 45.9 Å². The highest BCUT2D eigenvalue weighted by molar-refractivity contribution is 9.10. The van der Waals surface area contributed by atoms with E-state index in [1.807, 2.05) is 41.3 Å². The highest BCUT2D eigenvalue weighted by atomic mass is 79.9. The van der Waals surface area contributed by atoms with E-state index in [-0.39, 0.29) is 17.9 Å². The summed E-state index contributed by atoms with van der Waals surface area (Å²) in [5, 5.41) is 4.97. The van der Waals surface area contributed by atoms with E-state index in [0.717, 1.165) is 48.1 Å². The Morgan fingerprint density at radius 2 is 1.89 bits per heavy atom. The molecule has 2 heterocycles. The molecule has 0 radical (unpaired) electrons. The summed E-state index contributed by atoms with van der Waals surface area (Å²) in [6.45, 7) is 5.47. The molecule has 0 aromatic heterocycles. The first-order valence-electron chi connectivity index (χ1n) is 9.68. The van der Waals surface area contributed by atoms with Crippen LogP contribution in [0, 0.1) is 0 Å². The summed E-state index contributed by atoms with van der Waals surface area (Å²) in [5.74, 6) is -0.0250. The van der Waals surface area contributed by atoms with Gasteiger partial charge in [-0.05, 0) is 17.5 Å². The number of fused-ring (bicyclic) bond motifs is 1. The van der Waals surface area contributed by atoms with E-state index in [9.17, 15) is 9.59 Å². The molecule has 2 aromatic carbocycles. The van der Waals surface area contributed by atoms with Crippen molar-refractivity contribution in [2.45, 2.75) is 12.5 Å². The van der Waals surface area contributed by atoms with Crippen LogP contribution in [0.3, 0.4) is 0 Å². The summed E-state index contributed by atoms with van der Waals surface area (Å²) >= 11 is 3.55. The van der Waals surface area contributed by atoms with Crippen molar-refractivity contribution >= 4 is 38.5 Å². The van der Waals surface area contributed by atoms with Gasteiger partial charge in [-0.1, -0.05) is 40.2 Å². The van der Waals surface area contributed by atoms with Gasteiger partial charge in [0.1, 0.15) is 0 Å². The van der Waals surface area contributed by atoms with Gasteiger partial charge < -0.3 is 15.0 Å². The molecule has 0 bridgehead atoms. The van der Waals surface area contributed by atoms with Crippen LogP contribution < -0.4 is 5.32 Å². The Morgan fingerprint density at radius 3 is 2.68 bits per heavy atom. The number of nitrogens with one attached hydrogen (secondary N) is 1. The summed E-state index contributed by atoms with van der Waals surface area (Å²) in [7, 11) is 0. The Bertz CT molecular complexity index is 877. The molecule has 2 aromatic rings. The highest BCUT2D eigenvalue weighted by Crippen LogP contribution is 2.27. The van der Waals surface area contributed by atoms with Crippen molar-refractivity contribution in [1.29, 1.82) is 0 Å². The number of amides is 2. The number of rotatable bonds is 5. The lowest BCUT2D eigenvalue weighted by Gasteiger charge is -2.28. The second-order valence-corrected chi connectivity index (χ2v) is 8.17. The molecule has 2 aliphatic rings. The van der Waals surface area contributed by atoms with Crippen molar-refractivity contribution in [3.63, 3.8) is 0 Å². The van der Waals surface area contributed by atoms with Gasteiger partial charge in [0.15, 0.2) is 0 Å². The first-order valence-corrected chi connectivity index (χ1v) is 10.5. The molecule has 0 saturated carbocycles. The zero-order valence-corrected chi connectivity index (χ0v) is 17.3. The summed E-state index contributed by atoms with van der Waals surface area (Å²) in [5.41, 5.74) is 0.629. The number of morpholine rings is 1. The molecular weight excluding hydrogens is 422 g/mol. The molecule has 7 heteroatoms. The maximum absolute atomic E-state index is 12.9. The van der Waals surface area contributed by atoms with Gasteiger partial charge in [-0.2, -0.15) is 0 Å². The third-order valence-electron chi connectivity index (χ3n) is 5.44. The largest absolute Gasteiger partial charge is 0.379 e. The SMILES string of the molecule is O=C(NC1CC(=O)N(CCN2CCOCC2)C1)c1cccc2cccc(Br)c12. The molecule has 2 fully saturated rings. The quantitative estimate of drug-likeness (QED) is 0.766. The number of benzene rings is 2. The minimum absolute atomic E-state index is 0.109. The Labute approximate surface area is 172 Å². The number of hydrogen-bond donors (Lipinski definition) is 1. The van der Waals surface area contributed by atoms with E-state index in [1.165, 1.54) is 0 Å². The molecular formula is C21H24BrN3O3. The first-order chi connectivity index (χ1) is 13.6. The van der Waals surface area contributed by atoms with Crippen molar-refractivity contribution in [2.24, 2.45) is 0 Å². The van der Waals surface area contributed by atoms with Gasteiger partial charge in [0.05, 0.1) is 19.3 Å². The lowest BCUT2D eigenvalue weighted by Crippen LogP contribution is -2.42. The van der Waals surface area contributed by atoms with Crippen LogP contribution in [0.25, 0.3) is 10.8 Å². The highest BCUT2D eigenvalue weighted by Gasteiger charge is 2.31. The molecule has 1 N–H and O–H groups in total. The van der Waals surface area contributed by atoms with Crippen LogP contribution in [0.2, 0.25) is 0 Å². The number of nitrogens with zero attached hydrogens (tertiary/aromatic N) is 2. The summed E-state index contributed by atoms with van der Waals surface area (Å²) in [4.78, 5) is 29.4. The average molecular weight is 446 g/mol. The zero-order valence-electron chi connectivity index (χ0n) is 15.7. The third-order valence-corrected chi connectivity index (χ3v) is 6.10. The molecule has 1 unspecified atom stereocenters. The van der Waals surface area contributed by atoms with Crippen LogP contribution in [0.5, 0.6) is 0 Å². The second kappa shape index (κ2) is 8.59. The Hall–Kier alpha value is -1.96. The van der Waals surface area contributed by atoms with Crippen molar-refractivity contribution < 1.29 is 14.3 Å². The summed E-state index contributed by atoms with van der Waals surface area (Å²) in [6, 6.07) is 11.4. The molecule has 6 nitrogen and oxygen atoms in total. The van der Waals surface area contributed by atoms with E-state index in [0.29, 0.717) is 25.1 Å². The Kier molecular flexibility index (Phi) is 5.94. The molecule has 148 valence electrons. The third kappa shape index (κ3) is 4.21. The van der Waals surface area contributed by atoms with Crippen LogP contribution in [-0.2, 0) is 9.53 Å². The standard InChI is InChI=1S/C21H24BrN3O3/c22-18-6-2-4-15-3-1-5-17(20(15)18)21(27)23-16-13-19(26)25(14-16)8-7-24-9-11-28-12-10-24/h1-6,16H,7-14H2,(H,23,27). The van der Waals surface area contributed by atoms with Crippen LogP contribution >= 0.6 is 15.9 Å². The normalized spacial score (nSPS) is 20.7. The molecule has 0 aliphatic carbocycles. The maximum Gasteiger partial charge on any atom is 0.252 e. The van der Waals surface area contributed by atoms with Gasteiger partial charge in [0.25, 0.3) is 5.91 Å². The van der Waals surface area contributed by atoms with Gasteiger partial charge in [0, 0.05) is 54.6 Å². The smallest absolute Gasteiger partial charge is 0.252 e. The van der Waals surface area contributed by atoms with Gasteiger partial charge >= 0.3 is 0 Å². The number of ether oxygens (including phenoxy) is 1. The number of halogens is 1. The van der Waals surface area contributed by atoms with Crippen molar-refractivity contribution in [1.82, 2.24) is 15.1 Å². The molecule has 2 amide bonds. The fraction of sp³-hybridized carbons (Fsp3) is 0.429. The van der Waals surface area contributed by atoms with E-state index in [1.54, 1.807) is 0 Å². The van der Waals surface area contributed by atoms with E-state index in [2.05, 4.69) is 26.1 Å². The number of carbonyl (C=O) groups is 2. The summed E-state index contributed by atoms with van der Waals surface area (Å²) < 4.78 is 6.26. The Morgan fingerprint density at radius 1 is 1.14 bits per heavy atom. The van der Waals surface area contributed by atoms with Crippen LogP contribution in [0.1, 0.15) is 16.8 Å². The second-order valence-electron chi connectivity index (χ2n) is 7.31. The van der Waals surface area contributed by atoms with Crippen LogP contribution in [0.15, 0.2) is 40.9 Å². The van der Waals surface area contributed by atoms with E-state index >= 15 is 0 Å².